The molecule has 1 aromatic rings. The van der Waals surface area contributed by atoms with Crippen molar-refractivity contribution in [3.63, 3.8) is 0 Å². The number of nitrogens with one attached hydrogen (secondary N) is 2. The number of carbonyl (C=O) groups is 2. The monoisotopic (exact) mass is 265 g/mol. The Bertz CT molecular complexity index is 475. The minimum atomic E-state index is -0.852. The van der Waals surface area contributed by atoms with Crippen molar-refractivity contribution in [1.29, 1.82) is 0 Å². The largest absolute Gasteiger partial charge is 0.481 e. The molecule has 3 N–H and O–H groups in total. The molecule has 1 heterocycles. The molecule has 1 aliphatic rings. The van der Waals surface area contributed by atoms with Gasteiger partial charge in [-0.2, -0.15) is 5.10 Å². The fraction of sp³-hybridized carbons (Fsp3) is 0.615. The molecule has 0 unspecified atom stereocenters. The highest BCUT2D eigenvalue weighted by Crippen LogP contribution is 2.41. The number of carboxylic acids is 1. The lowest BCUT2D eigenvalue weighted by atomic mass is 9.82. The van der Waals surface area contributed by atoms with E-state index in [1.165, 1.54) is 0 Å². The number of aryl methyl sites for hydroxylation is 1. The number of aliphatic carboxylic acids is 1. The van der Waals surface area contributed by atoms with Crippen LogP contribution >= 0.6 is 0 Å². The van der Waals surface area contributed by atoms with Gasteiger partial charge in [-0.1, -0.05) is 12.8 Å². The summed E-state index contributed by atoms with van der Waals surface area (Å²) in [4.78, 5) is 23.3. The second-order valence-corrected chi connectivity index (χ2v) is 5.27. The van der Waals surface area contributed by atoms with E-state index in [2.05, 4.69) is 15.5 Å². The lowest BCUT2D eigenvalue weighted by Gasteiger charge is -2.22. The van der Waals surface area contributed by atoms with Gasteiger partial charge in [-0.05, 0) is 19.8 Å². The Labute approximate surface area is 111 Å². The Morgan fingerprint density at radius 2 is 2.16 bits per heavy atom. The zero-order valence-corrected chi connectivity index (χ0v) is 11.0. The minimum Gasteiger partial charge on any atom is -0.481 e. The lowest BCUT2D eigenvalue weighted by Crippen LogP contribution is -2.35. The average Bonchev–Trinajstić information content (AvgIpc) is 2.97. The van der Waals surface area contributed by atoms with E-state index in [1.807, 2.05) is 6.92 Å². The highest BCUT2D eigenvalue weighted by Gasteiger charge is 2.42. The summed E-state index contributed by atoms with van der Waals surface area (Å²) in [7, 11) is 0. The Morgan fingerprint density at radius 3 is 2.68 bits per heavy atom. The summed E-state index contributed by atoms with van der Waals surface area (Å²) >= 11 is 0. The van der Waals surface area contributed by atoms with Gasteiger partial charge in [-0.25, -0.2) is 0 Å². The molecule has 1 aromatic heterocycles. The predicted molar refractivity (Wildman–Crippen MR) is 68.3 cm³/mol. The normalized spacial score (nSPS) is 17.3. The second kappa shape index (κ2) is 5.42. The van der Waals surface area contributed by atoms with Crippen LogP contribution in [0.15, 0.2) is 6.20 Å². The van der Waals surface area contributed by atoms with Crippen molar-refractivity contribution in [2.75, 3.05) is 0 Å². The third kappa shape index (κ3) is 2.94. The van der Waals surface area contributed by atoms with Crippen LogP contribution in [0.3, 0.4) is 0 Å². The molecule has 1 saturated carbocycles. The molecule has 104 valence electrons. The van der Waals surface area contributed by atoms with Crippen LogP contribution < -0.4 is 5.32 Å². The van der Waals surface area contributed by atoms with E-state index in [4.69, 9.17) is 0 Å². The van der Waals surface area contributed by atoms with Crippen LogP contribution in [-0.4, -0.2) is 27.2 Å². The zero-order chi connectivity index (χ0) is 13.9. The van der Waals surface area contributed by atoms with Crippen molar-refractivity contribution < 1.29 is 14.7 Å². The first-order chi connectivity index (χ1) is 9.03. The van der Waals surface area contributed by atoms with Crippen LogP contribution in [-0.2, 0) is 16.1 Å². The Kier molecular flexibility index (Phi) is 3.87. The van der Waals surface area contributed by atoms with E-state index < -0.39 is 11.4 Å². The van der Waals surface area contributed by atoms with Gasteiger partial charge < -0.3 is 10.4 Å². The van der Waals surface area contributed by atoms with E-state index in [0.717, 1.165) is 24.1 Å². The van der Waals surface area contributed by atoms with Crippen LogP contribution in [0.5, 0.6) is 0 Å². The first-order valence-corrected chi connectivity index (χ1v) is 6.52. The second-order valence-electron chi connectivity index (χ2n) is 5.27. The van der Waals surface area contributed by atoms with Crippen molar-refractivity contribution in [3.8, 4) is 0 Å². The smallest absolute Gasteiger partial charge is 0.310 e. The van der Waals surface area contributed by atoms with Crippen molar-refractivity contribution in [1.82, 2.24) is 15.5 Å². The van der Waals surface area contributed by atoms with Gasteiger partial charge in [0.1, 0.15) is 0 Å². The fourth-order valence-electron chi connectivity index (χ4n) is 2.64. The van der Waals surface area contributed by atoms with Gasteiger partial charge in [-0.3, -0.25) is 14.7 Å². The molecular weight excluding hydrogens is 246 g/mol. The number of nitrogens with zero attached hydrogens (tertiary/aromatic N) is 1. The van der Waals surface area contributed by atoms with Gasteiger partial charge >= 0.3 is 5.97 Å². The number of hydrogen-bond acceptors (Lipinski definition) is 3. The molecule has 0 spiro atoms. The van der Waals surface area contributed by atoms with Gasteiger partial charge in [0.15, 0.2) is 0 Å². The fourth-order valence-corrected chi connectivity index (χ4v) is 2.64. The molecule has 1 aliphatic carbocycles. The molecule has 0 saturated heterocycles. The first kappa shape index (κ1) is 13.6. The van der Waals surface area contributed by atoms with E-state index in [0.29, 0.717) is 19.4 Å². The molecule has 0 aliphatic heterocycles. The van der Waals surface area contributed by atoms with Crippen molar-refractivity contribution in [2.45, 2.75) is 45.6 Å². The van der Waals surface area contributed by atoms with E-state index in [1.54, 1.807) is 6.20 Å². The molecular formula is C13H19N3O3. The number of aromatic amines is 1. The van der Waals surface area contributed by atoms with Crippen LogP contribution in [0.4, 0.5) is 0 Å². The van der Waals surface area contributed by atoms with Gasteiger partial charge in [0.25, 0.3) is 0 Å². The third-order valence-electron chi connectivity index (χ3n) is 3.92. The summed E-state index contributed by atoms with van der Waals surface area (Å²) in [5.41, 5.74) is 0.980. The summed E-state index contributed by atoms with van der Waals surface area (Å²) in [6, 6.07) is 0. The minimum absolute atomic E-state index is 0.0687. The van der Waals surface area contributed by atoms with Crippen LogP contribution in [0, 0.1) is 12.3 Å². The van der Waals surface area contributed by atoms with Crippen LogP contribution in [0.25, 0.3) is 0 Å². The van der Waals surface area contributed by atoms with E-state index in [9.17, 15) is 14.7 Å². The molecule has 2 rings (SSSR count). The number of amides is 1. The molecule has 1 fully saturated rings. The number of rotatable bonds is 5. The van der Waals surface area contributed by atoms with Gasteiger partial charge in [0.05, 0.1) is 11.6 Å². The standard InChI is InChI=1S/C13H19N3O3/c1-9-10(8-15-16-9)7-14-11(17)6-13(12(18)19)4-2-3-5-13/h8H,2-7H2,1H3,(H,14,17)(H,15,16)(H,18,19). The van der Waals surface area contributed by atoms with Crippen LogP contribution in [0.2, 0.25) is 0 Å². The summed E-state index contributed by atoms with van der Waals surface area (Å²) < 4.78 is 0. The summed E-state index contributed by atoms with van der Waals surface area (Å²) in [5.74, 6) is -1.05. The third-order valence-corrected chi connectivity index (χ3v) is 3.92. The highest BCUT2D eigenvalue weighted by atomic mass is 16.4. The Balaban J connectivity index is 1.90. The Morgan fingerprint density at radius 1 is 1.47 bits per heavy atom. The molecule has 19 heavy (non-hydrogen) atoms. The van der Waals surface area contributed by atoms with E-state index >= 15 is 0 Å². The topological polar surface area (TPSA) is 95.1 Å². The maximum absolute atomic E-state index is 11.9. The molecule has 6 nitrogen and oxygen atoms in total. The predicted octanol–water partition coefficient (Wildman–Crippen LogP) is 1.37. The van der Waals surface area contributed by atoms with Crippen molar-refractivity contribution in [2.24, 2.45) is 5.41 Å². The number of aromatic nitrogens is 2. The van der Waals surface area contributed by atoms with Crippen molar-refractivity contribution in [3.05, 3.63) is 17.5 Å². The van der Waals surface area contributed by atoms with Gasteiger partial charge in [0, 0.05) is 24.2 Å². The first-order valence-electron chi connectivity index (χ1n) is 6.52. The van der Waals surface area contributed by atoms with Crippen molar-refractivity contribution >= 4 is 11.9 Å². The van der Waals surface area contributed by atoms with Crippen LogP contribution in [0.1, 0.15) is 43.4 Å². The average molecular weight is 265 g/mol. The summed E-state index contributed by atoms with van der Waals surface area (Å²) in [6.45, 7) is 2.26. The Hall–Kier alpha value is -1.85. The lowest BCUT2D eigenvalue weighted by molar-refractivity contribution is -0.151. The van der Waals surface area contributed by atoms with Gasteiger partial charge in [0.2, 0.25) is 5.91 Å². The SMILES string of the molecule is Cc1[nH]ncc1CNC(=O)CC1(C(=O)O)CCCC1. The highest BCUT2D eigenvalue weighted by molar-refractivity contribution is 5.85. The number of H-pyrrole nitrogens is 1. The number of carboxylic acid groups (broad SMARTS) is 1. The molecule has 0 atom stereocenters. The maximum atomic E-state index is 11.9. The quantitative estimate of drug-likeness (QED) is 0.749. The molecule has 0 radical (unpaired) electrons. The number of carbonyl (C=O) groups excluding carboxylic acids is 1. The van der Waals surface area contributed by atoms with Gasteiger partial charge in [-0.15, -0.1) is 0 Å². The zero-order valence-electron chi connectivity index (χ0n) is 11.0. The van der Waals surface area contributed by atoms with E-state index in [-0.39, 0.29) is 12.3 Å². The number of hydrogen-bond donors (Lipinski definition) is 3. The molecule has 0 bridgehead atoms. The summed E-state index contributed by atoms with van der Waals surface area (Å²) in [6.07, 6.45) is 4.71. The molecule has 1 amide bonds. The molecule has 6 heteroatoms. The molecule has 0 aromatic carbocycles. The summed E-state index contributed by atoms with van der Waals surface area (Å²) in [5, 5.41) is 18.8. The maximum Gasteiger partial charge on any atom is 0.310 e.